The van der Waals surface area contributed by atoms with Crippen LogP contribution in [-0.4, -0.2) is 40.6 Å². The van der Waals surface area contributed by atoms with Crippen LogP contribution < -0.4 is 10.5 Å². The van der Waals surface area contributed by atoms with Crippen LogP contribution >= 0.6 is 27.7 Å². The van der Waals surface area contributed by atoms with Crippen molar-refractivity contribution in [3.63, 3.8) is 0 Å². The molecule has 0 aliphatic carbocycles. The number of rotatable bonds is 5. The average molecular weight is 479 g/mol. The Hall–Kier alpha value is -2.16. The zero-order chi connectivity index (χ0) is 19.6. The molecule has 0 fully saturated rings. The van der Waals surface area contributed by atoms with Crippen molar-refractivity contribution in [1.82, 2.24) is 14.6 Å². The number of anilines is 1. The molecule has 1 aliphatic rings. The second kappa shape index (κ2) is 7.84. The Morgan fingerprint density at radius 1 is 1.48 bits per heavy atom. The molecular weight excluding hydrogens is 467 g/mol. The highest BCUT2D eigenvalue weighted by molar-refractivity contribution is 9.10. The minimum Gasteiger partial charge on any atom is -0.409 e. The van der Waals surface area contributed by atoms with Crippen molar-refractivity contribution < 1.29 is 22.6 Å². The van der Waals surface area contributed by atoms with Gasteiger partial charge in [-0.15, -0.1) is 0 Å². The van der Waals surface area contributed by atoms with E-state index in [2.05, 4.69) is 36.7 Å². The van der Waals surface area contributed by atoms with E-state index < -0.39 is 16.0 Å². The molecule has 2 aromatic rings. The highest BCUT2D eigenvalue weighted by Gasteiger charge is 2.25. The molecule has 0 saturated carbocycles. The standard InChI is InChI=1S/C13H12BrFN6O4S2/c14-9-5-7(1-2-10(9)15)17-12(18-22)11-13(20-25-19-11)26-8-3-4-21(6-8)27(16,23)24/h1-2,5-6,22H,3-4H2,(H,17,18)(H2,16,23,24). The molecule has 0 bridgehead atoms. The number of benzene rings is 1. The summed E-state index contributed by atoms with van der Waals surface area (Å²) >= 11 is 4.16. The number of aromatic nitrogens is 2. The molecule has 1 aromatic heterocycles. The quantitative estimate of drug-likeness (QED) is 0.256. The number of hydrogen-bond donors (Lipinski definition) is 3. The molecule has 4 N–H and O–H groups in total. The molecule has 1 aliphatic heterocycles. The molecule has 144 valence electrons. The number of nitrogens with one attached hydrogen (secondary N) is 1. The molecule has 0 spiro atoms. The normalized spacial score (nSPS) is 15.1. The lowest BCUT2D eigenvalue weighted by Crippen LogP contribution is -2.30. The van der Waals surface area contributed by atoms with Gasteiger partial charge in [-0.05, 0) is 50.9 Å². The Morgan fingerprint density at radius 2 is 2.26 bits per heavy atom. The van der Waals surface area contributed by atoms with Crippen LogP contribution in [0.5, 0.6) is 0 Å². The summed E-state index contributed by atoms with van der Waals surface area (Å²) < 4.78 is 42.0. The molecule has 1 aromatic carbocycles. The van der Waals surface area contributed by atoms with Gasteiger partial charge in [0, 0.05) is 23.3 Å². The van der Waals surface area contributed by atoms with E-state index in [9.17, 15) is 18.0 Å². The summed E-state index contributed by atoms with van der Waals surface area (Å²) in [5, 5.41) is 28.0. The zero-order valence-corrected chi connectivity index (χ0v) is 16.6. The first kappa shape index (κ1) is 19.6. The summed E-state index contributed by atoms with van der Waals surface area (Å²) in [5.41, 5.74) is 0.522. The lowest BCUT2D eigenvalue weighted by molar-refractivity contribution is 0.297. The third kappa shape index (κ3) is 4.58. The first-order valence-corrected chi connectivity index (χ1v) is 10.3. The number of amidine groups is 1. The second-order valence-electron chi connectivity index (χ2n) is 5.22. The molecule has 10 nitrogen and oxygen atoms in total. The minimum absolute atomic E-state index is 0.0841. The van der Waals surface area contributed by atoms with Crippen molar-refractivity contribution in [2.45, 2.75) is 11.4 Å². The summed E-state index contributed by atoms with van der Waals surface area (Å²) in [4.78, 5) is 0.655. The fourth-order valence-electron chi connectivity index (χ4n) is 2.15. The van der Waals surface area contributed by atoms with Gasteiger partial charge in [0.1, 0.15) is 5.82 Å². The van der Waals surface area contributed by atoms with Crippen molar-refractivity contribution in [3.05, 3.63) is 45.3 Å². The minimum atomic E-state index is -3.82. The second-order valence-corrected chi connectivity index (χ2v) is 8.69. The van der Waals surface area contributed by atoms with Crippen LogP contribution in [0.2, 0.25) is 0 Å². The lowest BCUT2D eigenvalue weighted by Gasteiger charge is -2.09. The van der Waals surface area contributed by atoms with Crippen molar-refractivity contribution in [1.29, 1.82) is 0 Å². The van der Waals surface area contributed by atoms with Crippen LogP contribution in [0.25, 0.3) is 0 Å². The number of oxime groups is 1. The largest absolute Gasteiger partial charge is 0.409 e. The van der Waals surface area contributed by atoms with E-state index in [0.29, 0.717) is 17.0 Å². The van der Waals surface area contributed by atoms with Gasteiger partial charge in [-0.25, -0.2) is 14.2 Å². The number of hydrogen-bond acceptors (Lipinski definition) is 8. The van der Waals surface area contributed by atoms with Gasteiger partial charge in [-0.2, -0.15) is 8.42 Å². The molecule has 0 radical (unpaired) electrons. The fourth-order valence-corrected chi connectivity index (χ4v) is 4.13. The maximum atomic E-state index is 13.3. The smallest absolute Gasteiger partial charge is 0.298 e. The molecular formula is C13H12BrFN6O4S2. The van der Waals surface area contributed by atoms with Crippen LogP contribution in [0.1, 0.15) is 12.1 Å². The molecule has 0 unspecified atom stereocenters. The van der Waals surface area contributed by atoms with Gasteiger partial charge in [0.05, 0.1) is 4.47 Å². The zero-order valence-electron chi connectivity index (χ0n) is 13.3. The molecule has 3 rings (SSSR count). The number of nitrogens with two attached hydrogens (primary N) is 1. The van der Waals surface area contributed by atoms with Gasteiger partial charge in [-0.3, -0.25) is 4.31 Å². The van der Waals surface area contributed by atoms with E-state index in [0.717, 1.165) is 16.1 Å². The molecule has 0 saturated heterocycles. The molecule has 0 amide bonds. The number of halogens is 2. The van der Waals surface area contributed by atoms with Crippen LogP contribution in [0, 0.1) is 5.82 Å². The molecule has 14 heteroatoms. The predicted molar refractivity (Wildman–Crippen MR) is 98.7 cm³/mol. The third-order valence-electron chi connectivity index (χ3n) is 3.39. The summed E-state index contributed by atoms with van der Waals surface area (Å²) in [7, 11) is -3.82. The predicted octanol–water partition coefficient (Wildman–Crippen LogP) is 2.06. The summed E-state index contributed by atoms with van der Waals surface area (Å²) in [6.07, 6.45) is 1.82. The third-order valence-corrected chi connectivity index (χ3v) is 5.97. The molecule has 27 heavy (non-hydrogen) atoms. The van der Waals surface area contributed by atoms with Crippen LogP contribution in [0.3, 0.4) is 0 Å². The van der Waals surface area contributed by atoms with Gasteiger partial charge in [0.25, 0.3) is 10.2 Å². The topological polar surface area (TPSA) is 147 Å². The van der Waals surface area contributed by atoms with Crippen LogP contribution in [0.4, 0.5) is 10.1 Å². The van der Waals surface area contributed by atoms with Crippen LogP contribution in [0.15, 0.2) is 48.6 Å². The van der Waals surface area contributed by atoms with E-state index >= 15 is 0 Å². The monoisotopic (exact) mass is 478 g/mol. The van der Waals surface area contributed by atoms with Crippen LogP contribution in [-0.2, 0) is 10.2 Å². The maximum Gasteiger partial charge on any atom is 0.298 e. The highest BCUT2D eigenvalue weighted by atomic mass is 79.9. The van der Waals surface area contributed by atoms with E-state index in [1.54, 1.807) is 0 Å². The van der Waals surface area contributed by atoms with Gasteiger partial charge in [0.2, 0.25) is 5.84 Å². The van der Waals surface area contributed by atoms with Gasteiger partial charge < -0.3 is 10.5 Å². The Balaban J connectivity index is 1.80. The van der Waals surface area contributed by atoms with E-state index in [-0.39, 0.29) is 27.6 Å². The Morgan fingerprint density at radius 3 is 2.89 bits per heavy atom. The van der Waals surface area contributed by atoms with Crippen molar-refractivity contribution in [3.8, 4) is 0 Å². The van der Waals surface area contributed by atoms with Gasteiger partial charge in [-0.1, -0.05) is 16.9 Å². The van der Waals surface area contributed by atoms with E-state index in [1.807, 2.05) is 0 Å². The van der Waals surface area contributed by atoms with Gasteiger partial charge >= 0.3 is 0 Å². The average Bonchev–Trinajstić information content (AvgIpc) is 3.25. The number of thioether (sulfide) groups is 1. The molecule has 0 atom stereocenters. The summed E-state index contributed by atoms with van der Waals surface area (Å²) in [6, 6.07) is 4.11. The van der Waals surface area contributed by atoms with E-state index in [4.69, 9.17) is 9.77 Å². The first-order chi connectivity index (χ1) is 12.8. The highest BCUT2D eigenvalue weighted by Crippen LogP contribution is 2.34. The summed E-state index contributed by atoms with van der Waals surface area (Å²) in [5.74, 6) is -0.533. The number of nitrogens with zero attached hydrogens (tertiary/aromatic N) is 4. The van der Waals surface area contributed by atoms with E-state index in [1.165, 1.54) is 24.4 Å². The van der Waals surface area contributed by atoms with Crippen molar-refractivity contribution in [2.24, 2.45) is 10.3 Å². The fraction of sp³-hybridized carbons (Fsp3) is 0.154. The SMILES string of the molecule is NS(=O)(=O)N1C=C(Sc2nonc2/C(=N/O)Nc2ccc(F)c(Br)c2)CC1. The van der Waals surface area contributed by atoms with Gasteiger partial charge in [0.15, 0.2) is 10.7 Å². The van der Waals surface area contributed by atoms with Crippen molar-refractivity contribution >= 4 is 49.4 Å². The first-order valence-electron chi connectivity index (χ1n) is 7.23. The Bertz CT molecular complexity index is 1030. The molecule has 2 heterocycles. The van der Waals surface area contributed by atoms with Crippen molar-refractivity contribution in [2.75, 3.05) is 11.9 Å². The Kier molecular flexibility index (Phi) is 5.69. The Labute approximate surface area is 165 Å². The lowest BCUT2D eigenvalue weighted by atomic mass is 10.3. The maximum absolute atomic E-state index is 13.3. The summed E-state index contributed by atoms with van der Waals surface area (Å²) in [6.45, 7) is 0.213.